The summed E-state index contributed by atoms with van der Waals surface area (Å²) < 4.78 is 20.8. The molecule has 1 unspecified atom stereocenters. The monoisotopic (exact) mass is 384 g/mol. The Balaban J connectivity index is 1.87. The summed E-state index contributed by atoms with van der Waals surface area (Å²) >= 11 is 2.06. The van der Waals surface area contributed by atoms with Crippen LogP contribution in [-0.4, -0.2) is 5.11 Å². The van der Waals surface area contributed by atoms with E-state index < -0.39 is 6.10 Å². The predicted octanol–water partition coefficient (Wildman–Crippen LogP) is 3.99. The van der Waals surface area contributed by atoms with Gasteiger partial charge in [-0.05, 0) is 58.2 Å². The molecule has 0 heterocycles. The lowest BCUT2D eigenvalue weighted by molar-refractivity contribution is 0.180. The van der Waals surface area contributed by atoms with Crippen molar-refractivity contribution in [2.45, 2.75) is 25.6 Å². The van der Waals surface area contributed by atoms with Gasteiger partial charge in [-0.2, -0.15) is 0 Å². The van der Waals surface area contributed by atoms with Crippen molar-refractivity contribution < 1.29 is 14.2 Å². The highest BCUT2D eigenvalue weighted by Crippen LogP contribution is 2.39. The Hall–Kier alpha value is -1.14. The van der Waals surface area contributed by atoms with E-state index >= 15 is 0 Å². The number of hydrogen-bond donors (Lipinski definition) is 1. The summed E-state index contributed by atoms with van der Waals surface area (Å²) in [7, 11) is 0. The van der Waals surface area contributed by atoms with Gasteiger partial charge >= 0.3 is 0 Å². The van der Waals surface area contributed by atoms with Gasteiger partial charge in [-0.15, -0.1) is 0 Å². The normalized spacial score (nSPS) is 17.1. The van der Waals surface area contributed by atoms with Crippen LogP contribution in [0.2, 0.25) is 0 Å². The second-order valence-electron chi connectivity index (χ2n) is 4.90. The number of hydrogen-bond acceptors (Lipinski definition) is 2. The molecule has 1 N–H and O–H groups in total. The SMILES string of the molecule is OC1CCc2c1cc(I)c(OCc1ccccc1)c2F. The lowest BCUT2D eigenvalue weighted by atomic mass is 10.1. The molecule has 2 aromatic rings. The van der Waals surface area contributed by atoms with E-state index in [0.717, 1.165) is 5.56 Å². The van der Waals surface area contributed by atoms with E-state index in [-0.39, 0.29) is 5.82 Å². The van der Waals surface area contributed by atoms with E-state index in [1.54, 1.807) is 0 Å². The molecule has 0 spiro atoms. The topological polar surface area (TPSA) is 29.5 Å². The van der Waals surface area contributed by atoms with Crippen LogP contribution in [0.15, 0.2) is 36.4 Å². The number of aliphatic hydroxyl groups excluding tert-OH is 1. The standard InChI is InChI=1S/C16H14FIO2/c17-15-11-6-7-14(19)12(11)8-13(18)16(15)20-9-10-4-2-1-3-5-10/h1-5,8,14,19H,6-7,9H2. The first-order chi connectivity index (χ1) is 9.66. The summed E-state index contributed by atoms with van der Waals surface area (Å²) in [6.07, 6.45) is 0.613. The van der Waals surface area contributed by atoms with E-state index in [1.165, 1.54) is 0 Å². The molecule has 0 saturated heterocycles. The molecule has 2 aromatic carbocycles. The Morgan fingerprint density at radius 2 is 2.05 bits per heavy atom. The van der Waals surface area contributed by atoms with Gasteiger partial charge in [0, 0.05) is 0 Å². The maximum absolute atomic E-state index is 14.5. The molecule has 0 aliphatic heterocycles. The molecule has 3 rings (SSSR count). The van der Waals surface area contributed by atoms with Gasteiger partial charge in [0.05, 0.1) is 9.67 Å². The molecule has 104 valence electrons. The molecule has 0 saturated carbocycles. The zero-order valence-electron chi connectivity index (χ0n) is 10.8. The molecule has 0 amide bonds. The fourth-order valence-electron chi connectivity index (χ4n) is 2.51. The van der Waals surface area contributed by atoms with Gasteiger partial charge in [-0.25, -0.2) is 4.39 Å². The second kappa shape index (κ2) is 5.69. The van der Waals surface area contributed by atoms with E-state index in [4.69, 9.17) is 4.74 Å². The van der Waals surface area contributed by atoms with E-state index in [1.807, 2.05) is 36.4 Å². The molecule has 0 fully saturated rings. The summed E-state index contributed by atoms with van der Waals surface area (Å²) in [5, 5.41) is 9.82. The Morgan fingerprint density at radius 3 is 2.80 bits per heavy atom. The van der Waals surface area contributed by atoms with Crippen LogP contribution in [0.4, 0.5) is 4.39 Å². The van der Waals surface area contributed by atoms with Crippen molar-refractivity contribution in [3.05, 3.63) is 62.5 Å². The van der Waals surface area contributed by atoms with Crippen molar-refractivity contribution in [3.63, 3.8) is 0 Å². The number of halogens is 2. The first-order valence-electron chi connectivity index (χ1n) is 6.52. The van der Waals surface area contributed by atoms with Crippen LogP contribution in [0.3, 0.4) is 0 Å². The van der Waals surface area contributed by atoms with E-state index in [9.17, 15) is 9.50 Å². The van der Waals surface area contributed by atoms with Crippen LogP contribution in [0.1, 0.15) is 29.2 Å². The van der Waals surface area contributed by atoms with Gasteiger partial charge in [0.25, 0.3) is 0 Å². The van der Waals surface area contributed by atoms with Gasteiger partial charge in [0.2, 0.25) is 0 Å². The van der Waals surface area contributed by atoms with E-state index in [2.05, 4.69) is 22.6 Å². The van der Waals surface area contributed by atoms with Crippen molar-refractivity contribution in [1.82, 2.24) is 0 Å². The summed E-state index contributed by atoms with van der Waals surface area (Å²) in [5.74, 6) is -0.0262. The number of aliphatic hydroxyl groups is 1. The van der Waals surface area contributed by atoms with Crippen LogP contribution in [0.25, 0.3) is 0 Å². The quantitative estimate of drug-likeness (QED) is 0.812. The van der Waals surface area contributed by atoms with Crippen LogP contribution >= 0.6 is 22.6 Å². The second-order valence-corrected chi connectivity index (χ2v) is 6.06. The van der Waals surface area contributed by atoms with Gasteiger partial charge in [-0.3, -0.25) is 0 Å². The molecule has 1 atom stereocenters. The highest BCUT2D eigenvalue weighted by Gasteiger charge is 2.27. The first kappa shape index (κ1) is 13.8. The Morgan fingerprint density at radius 1 is 1.30 bits per heavy atom. The molecule has 0 aromatic heterocycles. The minimum absolute atomic E-state index is 0.294. The van der Waals surface area contributed by atoms with Crippen molar-refractivity contribution in [3.8, 4) is 5.75 Å². The van der Waals surface area contributed by atoms with Gasteiger partial charge in [0.15, 0.2) is 11.6 Å². The van der Waals surface area contributed by atoms with Gasteiger partial charge in [0.1, 0.15) is 6.61 Å². The van der Waals surface area contributed by atoms with E-state index in [0.29, 0.717) is 39.9 Å². The molecular formula is C16H14FIO2. The zero-order valence-corrected chi connectivity index (χ0v) is 12.9. The average molecular weight is 384 g/mol. The third-order valence-electron chi connectivity index (χ3n) is 3.56. The molecule has 0 bridgehead atoms. The highest BCUT2D eigenvalue weighted by atomic mass is 127. The van der Waals surface area contributed by atoms with Crippen molar-refractivity contribution in [1.29, 1.82) is 0 Å². The Bertz CT molecular complexity index is 628. The fraction of sp³-hybridized carbons (Fsp3) is 0.250. The smallest absolute Gasteiger partial charge is 0.169 e. The Labute approximate surface area is 130 Å². The fourth-order valence-corrected chi connectivity index (χ4v) is 3.24. The molecule has 20 heavy (non-hydrogen) atoms. The minimum Gasteiger partial charge on any atom is -0.485 e. The lowest BCUT2D eigenvalue weighted by Gasteiger charge is -2.13. The number of ether oxygens (including phenoxy) is 1. The number of benzene rings is 2. The maximum atomic E-state index is 14.5. The predicted molar refractivity (Wildman–Crippen MR) is 83.2 cm³/mol. The molecular weight excluding hydrogens is 370 g/mol. The first-order valence-corrected chi connectivity index (χ1v) is 7.60. The van der Waals surface area contributed by atoms with Gasteiger partial charge in [-0.1, -0.05) is 30.3 Å². The molecule has 4 heteroatoms. The van der Waals surface area contributed by atoms with Crippen LogP contribution in [0, 0.1) is 9.39 Å². The number of rotatable bonds is 3. The molecule has 0 radical (unpaired) electrons. The third kappa shape index (κ3) is 2.54. The maximum Gasteiger partial charge on any atom is 0.169 e. The summed E-state index contributed by atoms with van der Waals surface area (Å²) in [6.45, 7) is 0.342. The van der Waals surface area contributed by atoms with Crippen LogP contribution in [-0.2, 0) is 13.0 Å². The summed E-state index contributed by atoms with van der Waals surface area (Å²) in [6, 6.07) is 11.5. The Kier molecular flexibility index (Phi) is 3.94. The molecule has 1 aliphatic rings. The average Bonchev–Trinajstić information content (AvgIpc) is 2.81. The summed E-state index contributed by atoms with van der Waals surface area (Å²) in [4.78, 5) is 0. The van der Waals surface area contributed by atoms with Crippen molar-refractivity contribution in [2.75, 3.05) is 0 Å². The van der Waals surface area contributed by atoms with Crippen molar-refractivity contribution >= 4 is 22.6 Å². The van der Waals surface area contributed by atoms with Crippen LogP contribution < -0.4 is 4.74 Å². The van der Waals surface area contributed by atoms with Crippen molar-refractivity contribution in [2.24, 2.45) is 0 Å². The highest BCUT2D eigenvalue weighted by molar-refractivity contribution is 14.1. The zero-order chi connectivity index (χ0) is 14.1. The lowest BCUT2D eigenvalue weighted by Crippen LogP contribution is -2.03. The van der Waals surface area contributed by atoms with Crippen LogP contribution in [0.5, 0.6) is 5.75 Å². The summed E-state index contributed by atoms with van der Waals surface area (Å²) in [5.41, 5.74) is 2.31. The molecule has 2 nitrogen and oxygen atoms in total. The minimum atomic E-state index is -0.545. The largest absolute Gasteiger partial charge is 0.485 e. The number of fused-ring (bicyclic) bond motifs is 1. The third-order valence-corrected chi connectivity index (χ3v) is 4.37. The molecule has 1 aliphatic carbocycles. The van der Waals surface area contributed by atoms with Gasteiger partial charge < -0.3 is 9.84 Å².